The molecule has 67 heavy (non-hydrogen) atoms. The topological polar surface area (TPSA) is 236 Å². The molecule has 380 valence electrons. The summed E-state index contributed by atoms with van der Waals surface area (Å²) >= 11 is 0. The van der Waals surface area contributed by atoms with Crippen molar-refractivity contribution in [2.75, 3.05) is 27.9 Å². The van der Waals surface area contributed by atoms with E-state index in [1.165, 1.54) is 26.4 Å². The van der Waals surface area contributed by atoms with Gasteiger partial charge in [0.15, 0.2) is 5.78 Å². The average molecular weight is 948 g/mol. The van der Waals surface area contributed by atoms with Crippen LogP contribution in [0.4, 0.5) is 0 Å². The van der Waals surface area contributed by atoms with Crippen LogP contribution >= 0.6 is 0 Å². The Morgan fingerprint density at radius 2 is 1.51 bits per heavy atom. The number of ketones is 3. The van der Waals surface area contributed by atoms with Gasteiger partial charge in [0.2, 0.25) is 5.79 Å². The molecular formula is C51H81NO15. The van der Waals surface area contributed by atoms with Gasteiger partial charge in [-0.3, -0.25) is 19.2 Å². The van der Waals surface area contributed by atoms with E-state index in [4.69, 9.17) is 23.7 Å². The monoisotopic (exact) mass is 948 g/mol. The summed E-state index contributed by atoms with van der Waals surface area (Å²) in [6.45, 7) is 12.1. The third-order valence-electron chi connectivity index (χ3n) is 14.9. The van der Waals surface area contributed by atoms with Crippen molar-refractivity contribution in [1.82, 2.24) is 4.90 Å². The normalized spacial score (nSPS) is 41.6. The van der Waals surface area contributed by atoms with E-state index < -0.39 is 96.1 Å². The van der Waals surface area contributed by atoms with Crippen molar-refractivity contribution in [2.45, 2.75) is 192 Å². The van der Waals surface area contributed by atoms with Crippen LogP contribution in [0, 0.1) is 35.5 Å². The van der Waals surface area contributed by atoms with E-state index in [2.05, 4.69) is 0 Å². The number of hydrogen-bond donors (Lipinski definition) is 5. The zero-order chi connectivity index (χ0) is 49.9. The van der Waals surface area contributed by atoms with Crippen molar-refractivity contribution < 1.29 is 73.2 Å². The highest BCUT2D eigenvalue weighted by Crippen LogP contribution is 2.38. The van der Waals surface area contributed by atoms with E-state index in [0.717, 1.165) is 4.90 Å². The van der Waals surface area contributed by atoms with Gasteiger partial charge in [-0.15, -0.1) is 0 Å². The summed E-state index contributed by atoms with van der Waals surface area (Å²) in [6, 6.07) is -1.18. The number of hydrogen-bond acceptors (Lipinski definition) is 15. The molecule has 3 aliphatic heterocycles. The predicted octanol–water partition coefficient (Wildman–Crippen LogP) is 4.35. The molecule has 1 amide bonds. The standard InChI is InChI=1S/C51H81NO15/c1-28-14-18-38(53)41(56)24-31(4)42(63-8)26-36-17-15-34(7)51(62,67-36)48(59)49(60)52-20-12-11-13-37(52)50(61)66-43(30(3)23-35-16-19-39(54)44(25-35)64-9)27-40(55)29(2)22-33(6)46(58)47(65-10)45(57)32(5)21-28/h14,18,22,24,28-30,32,34-39,41-44,46-47,53-54,56,58,62H,11-13,15-17,19-21,23,25-27H2,1-10H3/b18-14+,31-24+,33-22+/t28-,29-,30-,32-,34-,35+,36+,37+,38-,39-,41-,42+,43+,44-,46-,47+,51-/m1/s1. The highest BCUT2D eigenvalue weighted by molar-refractivity contribution is 6.39. The highest BCUT2D eigenvalue weighted by Gasteiger charge is 2.53. The van der Waals surface area contributed by atoms with Gasteiger partial charge in [0.05, 0.1) is 24.4 Å². The van der Waals surface area contributed by atoms with Crippen LogP contribution in [0.3, 0.4) is 0 Å². The largest absolute Gasteiger partial charge is 0.460 e. The van der Waals surface area contributed by atoms with Crippen molar-refractivity contribution in [2.24, 2.45) is 35.5 Å². The van der Waals surface area contributed by atoms with Gasteiger partial charge in [0.25, 0.3) is 11.7 Å². The summed E-state index contributed by atoms with van der Waals surface area (Å²) in [6.07, 6.45) is 2.20. The Labute approximate surface area is 397 Å². The van der Waals surface area contributed by atoms with Crippen molar-refractivity contribution in [1.29, 1.82) is 0 Å². The number of piperidine rings is 1. The summed E-state index contributed by atoms with van der Waals surface area (Å²) in [7, 11) is 4.35. The lowest BCUT2D eigenvalue weighted by Crippen LogP contribution is -2.61. The lowest BCUT2D eigenvalue weighted by Gasteiger charge is -2.42. The van der Waals surface area contributed by atoms with Gasteiger partial charge in [0.1, 0.15) is 42.3 Å². The van der Waals surface area contributed by atoms with Gasteiger partial charge in [-0.25, -0.2) is 4.79 Å². The Morgan fingerprint density at radius 1 is 0.806 bits per heavy atom. The van der Waals surface area contributed by atoms with Crippen LogP contribution in [-0.2, 0) is 47.7 Å². The molecule has 1 saturated carbocycles. The summed E-state index contributed by atoms with van der Waals surface area (Å²) < 4.78 is 29.2. The molecule has 3 fully saturated rings. The van der Waals surface area contributed by atoms with Gasteiger partial charge in [0, 0.05) is 58.5 Å². The number of aliphatic hydroxyl groups is 5. The van der Waals surface area contributed by atoms with E-state index in [0.29, 0.717) is 68.9 Å². The number of carbonyl (C=O) groups is 5. The number of allylic oxidation sites excluding steroid dienone is 2. The van der Waals surface area contributed by atoms with Gasteiger partial charge in [-0.05, 0) is 107 Å². The minimum Gasteiger partial charge on any atom is -0.460 e. The maximum Gasteiger partial charge on any atom is 0.329 e. The number of methoxy groups -OCH3 is 3. The second-order valence-electron chi connectivity index (χ2n) is 20.2. The fraction of sp³-hybridized carbons (Fsp3) is 0.784. The zero-order valence-corrected chi connectivity index (χ0v) is 41.5. The van der Waals surface area contributed by atoms with Crippen LogP contribution in [0.2, 0.25) is 0 Å². The first-order valence-corrected chi connectivity index (χ1v) is 24.4. The molecule has 16 nitrogen and oxygen atoms in total. The molecule has 0 aromatic carbocycles. The first kappa shape index (κ1) is 56.4. The van der Waals surface area contributed by atoms with Gasteiger partial charge >= 0.3 is 5.97 Å². The van der Waals surface area contributed by atoms with Crippen molar-refractivity contribution in [3.8, 4) is 0 Å². The summed E-state index contributed by atoms with van der Waals surface area (Å²) in [5, 5.41) is 55.7. The maximum absolute atomic E-state index is 14.4. The number of amides is 1. The molecule has 4 rings (SSSR count). The average Bonchev–Trinajstić information content (AvgIpc) is 3.30. The number of Topliss-reactive ketones (excluding diaryl/α,β-unsaturated/α-hetero) is 3. The molecule has 17 atom stereocenters. The lowest BCUT2D eigenvalue weighted by molar-refractivity contribution is -0.265. The van der Waals surface area contributed by atoms with E-state index in [1.807, 2.05) is 13.8 Å². The van der Waals surface area contributed by atoms with Gasteiger partial charge in [-0.1, -0.05) is 58.9 Å². The fourth-order valence-corrected chi connectivity index (χ4v) is 10.4. The van der Waals surface area contributed by atoms with Crippen LogP contribution < -0.4 is 0 Å². The Hall–Kier alpha value is -3.19. The number of rotatable bonds is 6. The summed E-state index contributed by atoms with van der Waals surface area (Å²) in [5.41, 5.74) is 0.884. The van der Waals surface area contributed by atoms with Crippen LogP contribution in [0.5, 0.6) is 0 Å². The van der Waals surface area contributed by atoms with Crippen molar-refractivity contribution >= 4 is 29.2 Å². The molecule has 5 N–H and O–H groups in total. The molecule has 0 aromatic heterocycles. The molecule has 0 aromatic rings. The number of cyclic esters (lactones) is 1. The number of carbonyl (C=O) groups excluding carboxylic acids is 5. The molecular weight excluding hydrogens is 867 g/mol. The SMILES string of the molecule is CO[C@H]1C[C@@H]2CC[C@@H](C)[C@@](O)(O2)C(=O)C(=O)N2CCCC[C@H]2C(=O)O[C@H]([C@H](C)C[C@@H]2CC[C@@H](O)[C@H](OC)C2)CC(=O)[C@H](C)/C=C(\C)[C@@H](O)[C@@H](OC)C(=O)[C@H](C)C[C@H](C)/C=C/[C@@H](O)[C@H](O)/C=C/1C. The molecule has 3 heterocycles. The Bertz CT molecular complexity index is 1780. The third-order valence-corrected chi connectivity index (χ3v) is 14.9. The number of aliphatic hydroxyl groups excluding tert-OH is 4. The summed E-state index contributed by atoms with van der Waals surface area (Å²) in [5.74, 6) is -8.88. The predicted molar refractivity (Wildman–Crippen MR) is 248 cm³/mol. The maximum atomic E-state index is 14.4. The van der Waals surface area contributed by atoms with Crippen molar-refractivity contribution in [3.63, 3.8) is 0 Å². The Kier molecular flexibility index (Phi) is 21.6. The molecule has 2 saturated heterocycles. The fourth-order valence-electron chi connectivity index (χ4n) is 10.4. The number of nitrogens with zero attached hydrogens (tertiary/aromatic N) is 1. The van der Waals surface area contributed by atoms with Crippen LogP contribution in [-0.4, -0.2) is 154 Å². The number of ether oxygens (including phenoxy) is 5. The smallest absolute Gasteiger partial charge is 0.329 e. The minimum absolute atomic E-state index is 0.0470. The quantitative estimate of drug-likeness (QED) is 0.142. The Morgan fingerprint density at radius 3 is 2.16 bits per heavy atom. The second kappa shape index (κ2) is 25.6. The number of fused-ring (bicyclic) bond motifs is 3. The molecule has 4 aliphatic rings. The highest BCUT2D eigenvalue weighted by atomic mass is 16.6. The second-order valence-corrected chi connectivity index (χ2v) is 20.2. The molecule has 0 unspecified atom stereocenters. The first-order valence-electron chi connectivity index (χ1n) is 24.4. The van der Waals surface area contributed by atoms with Crippen molar-refractivity contribution in [3.05, 3.63) is 35.5 Å². The third kappa shape index (κ3) is 14.7. The van der Waals surface area contributed by atoms with Gasteiger partial charge in [-0.2, -0.15) is 0 Å². The van der Waals surface area contributed by atoms with Crippen LogP contribution in [0.1, 0.15) is 126 Å². The van der Waals surface area contributed by atoms with Crippen LogP contribution in [0.25, 0.3) is 0 Å². The minimum atomic E-state index is -2.52. The number of esters is 1. The summed E-state index contributed by atoms with van der Waals surface area (Å²) in [4.78, 5) is 71.9. The molecule has 0 spiro atoms. The first-order chi connectivity index (χ1) is 31.6. The molecule has 0 radical (unpaired) electrons. The zero-order valence-electron chi connectivity index (χ0n) is 41.5. The van der Waals surface area contributed by atoms with E-state index in [1.54, 1.807) is 53.9 Å². The van der Waals surface area contributed by atoms with E-state index in [-0.39, 0.29) is 61.2 Å². The van der Waals surface area contributed by atoms with E-state index >= 15 is 0 Å². The van der Waals surface area contributed by atoms with Crippen LogP contribution in [0.15, 0.2) is 35.5 Å². The van der Waals surface area contributed by atoms with Gasteiger partial charge < -0.3 is 54.1 Å². The van der Waals surface area contributed by atoms with E-state index in [9.17, 15) is 49.5 Å². The molecule has 1 aliphatic carbocycles. The molecule has 2 bridgehead atoms. The lowest BCUT2D eigenvalue weighted by atomic mass is 9.78. The molecule has 16 heteroatoms. The Balaban J connectivity index is 1.72.